The molecule has 0 spiro atoms. The van der Waals surface area contributed by atoms with E-state index in [1.807, 2.05) is 0 Å². The first-order valence-corrected chi connectivity index (χ1v) is 5.45. The van der Waals surface area contributed by atoms with Crippen molar-refractivity contribution in [1.29, 1.82) is 0 Å². The molecule has 2 rings (SSSR count). The Hall–Kier alpha value is -0.830. The Morgan fingerprint density at radius 3 is 2.93 bits per heavy atom. The van der Waals surface area contributed by atoms with Crippen molar-refractivity contribution >= 4 is 17.4 Å². The van der Waals surface area contributed by atoms with Crippen molar-refractivity contribution in [3.8, 4) is 0 Å². The van der Waals surface area contributed by atoms with Crippen LogP contribution in [0.5, 0.6) is 0 Å². The lowest BCUT2D eigenvalue weighted by Crippen LogP contribution is -2.04. The third kappa shape index (κ3) is 2.35. The van der Waals surface area contributed by atoms with Crippen molar-refractivity contribution in [2.75, 3.05) is 11.9 Å². The van der Waals surface area contributed by atoms with Gasteiger partial charge in [-0.1, -0.05) is 18.5 Å². The van der Waals surface area contributed by atoms with Crippen LogP contribution < -0.4 is 5.32 Å². The molecule has 0 amide bonds. The van der Waals surface area contributed by atoms with Crippen molar-refractivity contribution in [3.63, 3.8) is 0 Å². The van der Waals surface area contributed by atoms with Crippen LogP contribution in [0, 0.1) is 0 Å². The second-order valence-electron chi connectivity index (χ2n) is 3.64. The SMILES string of the molecule is CCCNc1cc(Cl)nc(C2CC2)n1. The molecule has 0 bridgehead atoms. The minimum Gasteiger partial charge on any atom is -0.370 e. The molecular weight excluding hydrogens is 198 g/mol. The second kappa shape index (κ2) is 4.13. The topological polar surface area (TPSA) is 37.8 Å². The van der Waals surface area contributed by atoms with Gasteiger partial charge in [0.05, 0.1) is 0 Å². The van der Waals surface area contributed by atoms with E-state index in [-0.39, 0.29) is 0 Å². The molecule has 1 N–H and O–H groups in total. The molecule has 1 heterocycles. The number of nitrogens with zero attached hydrogens (tertiary/aromatic N) is 2. The molecule has 3 nitrogen and oxygen atoms in total. The summed E-state index contributed by atoms with van der Waals surface area (Å²) in [6.07, 6.45) is 3.49. The van der Waals surface area contributed by atoms with Gasteiger partial charge in [-0.15, -0.1) is 0 Å². The molecule has 0 saturated heterocycles. The van der Waals surface area contributed by atoms with Crippen LogP contribution in [0.15, 0.2) is 6.07 Å². The predicted molar refractivity (Wildman–Crippen MR) is 57.8 cm³/mol. The van der Waals surface area contributed by atoms with E-state index in [1.165, 1.54) is 12.8 Å². The number of anilines is 1. The smallest absolute Gasteiger partial charge is 0.135 e. The van der Waals surface area contributed by atoms with Crippen LogP contribution in [-0.4, -0.2) is 16.5 Å². The van der Waals surface area contributed by atoms with Crippen LogP contribution >= 0.6 is 11.6 Å². The first-order chi connectivity index (χ1) is 6.79. The Labute approximate surface area is 88.9 Å². The maximum absolute atomic E-state index is 5.91. The van der Waals surface area contributed by atoms with Gasteiger partial charge in [-0.3, -0.25) is 0 Å². The fraction of sp³-hybridized carbons (Fsp3) is 0.600. The standard InChI is InChI=1S/C10H14ClN3/c1-2-5-12-9-6-8(11)13-10(14-9)7-3-4-7/h6-7H,2-5H2,1H3,(H,12,13,14). The van der Waals surface area contributed by atoms with Gasteiger partial charge in [0.15, 0.2) is 0 Å². The molecule has 4 heteroatoms. The summed E-state index contributed by atoms with van der Waals surface area (Å²) in [6.45, 7) is 3.05. The van der Waals surface area contributed by atoms with E-state index >= 15 is 0 Å². The minimum absolute atomic E-state index is 0.542. The van der Waals surface area contributed by atoms with Crippen LogP contribution in [0.2, 0.25) is 5.15 Å². The lowest BCUT2D eigenvalue weighted by molar-refractivity contribution is 0.908. The molecule has 0 aromatic carbocycles. The molecule has 0 unspecified atom stereocenters. The Bertz CT molecular complexity index is 323. The largest absolute Gasteiger partial charge is 0.370 e. The average molecular weight is 212 g/mol. The monoisotopic (exact) mass is 211 g/mol. The lowest BCUT2D eigenvalue weighted by Gasteiger charge is -2.05. The maximum atomic E-state index is 5.91. The zero-order valence-corrected chi connectivity index (χ0v) is 9.01. The number of halogens is 1. The van der Waals surface area contributed by atoms with Gasteiger partial charge in [0, 0.05) is 18.5 Å². The Kier molecular flexibility index (Phi) is 2.87. The molecule has 0 radical (unpaired) electrons. The highest BCUT2D eigenvalue weighted by molar-refractivity contribution is 6.29. The van der Waals surface area contributed by atoms with Crippen LogP contribution in [0.4, 0.5) is 5.82 Å². The number of rotatable bonds is 4. The first kappa shape index (κ1) is 9.71. The zero-order valence-electron chi connectivity index (χ0n) is 8.26. The molecule has 1 aromatic heterocycles. The molecule has 1 saturated carbocycles. The number of hydrogen-bond donors (Lipinski definition) is 1. The fourth-order valence-electron chi connectivity index (χ4n) is 1.30. The summed E-state index contributed by atoms with van der Waals surface area (Å²) >= 11 is 5.91. The maximum Gasteiger partial charge on any atom is 0.135 e. The molecule has 1 aliphatic carbocycles. The number of hydrogen-bond acceptors (Lipinski definition) is 3. The first-order valence-electron chi connectivity index (χ1n) is 5.08. The normalized spacial score (nSPS) is 15.6. The van der Waals surface area contributed by atoms with Gasteiger partial charge < -0.3 is 5.32 Å². The van der Waals surface area contributed by atoms with E-state index in [9.17, 15) is 0 Å². The Morgan fingerprint density at radius 1 is 1.50 bits per heavy atom. The highest BCUT2D eigenvalue weighted by atomic mass is 35.5. The average Bonchev–Trinajstić information content (AvgIpc) is 2.97. The van der Waals surface area contributed by atoms with Crippen LogP contribution in [-0.2, 0) is 0 Å². The van der Waals surface area contributed by atoms with E-state index in [0.29, 0.717) is 11.1 Å². The summed E-state index contributed by atoms with van der Waals surface area (Å²) in [4.78, 5) is 8.64. The second-order valence-corrected chi connectivity index (χ2v) is 4.02. The van der Waals surface area contributed by atoms with E-state index < -0.39 is 0 Å². The van der Waals surface area contributed by atoms with Crippen molar-refractivity contribution < 1.29 is 0 Å². The number of aromatic nitrogens is 2. The lowest BCUT2D eigenvalue weighted by atomic mass is 10.4. The Balaban J connectivity index is 2.13. The van der Waals surface area contributed by atoms with Crippen LogP contribution in [0.3, 0.4) is 0 Å². The summed E-state index contributed by atoms with van der Waals surface area (Å²) < 4.78 is 0. The van der Waals surface area contributed by atoms with Gasteiger partial charge in [-0.2, -0.15) is 0 Å². The molecule has 0 atom stereocenters. The van der Waals surface area contributed by atoms with E-state index in [1.54, 1.807) is 6.07 Å². The third-order valence-electron chi connectivity index (χ3n) is 2.21. The van der Waals surface area contributed by atoms with Gasteiger partial charge in [0.25, 0.3) is 0 Å². The highest BCUT2D eigenvalue weighted by Crippen LogP contribution is 2.38. The third-order valence-corrected chi connectivity index (χ3v) is 2.40. The number of nitrogens with one attached hydrogen (secondary N) is 1. The van der Waals surface area contributed by atoms with E-state index in [0.717, 1.165) is 24.6 Å². The quantitative estimate of drug-likeness (QED) is 0.779. The molecule has 76 valence electrons. The summed E-state index contributed by atoms with van der Waals surface area (Å²) in [5.41, 5.74) is 0. The van der Waals surface area contributed by atoms with Gasteiger partial charge in [-0.25, -0.2) is 9.97 Å². The van der Waals surface area contributed by atoms with Crippen molar-refractivity contribution in [1.82, 2.24) is 9.97 Å². The summed E-state index contributed by atoms with van der Waals surface area (Å²) in [7, 11) is 0. The van der Waals surface area contributed by atoms with Crippen molar-refractivity contribution in [3.05, 3.63) is 17.0 Å². The van der Waals surface area contributed by atoms with Gasteiger partial charge in [-0.05, 0) is 19.3 Å². The van der Waals surface area contributed by atoms with Gasteiger partial charge >= 0.3 is 0 Å². The predicted octanol–water partition coefficient (Wildman–Crippen LogP) is 2.83. The summed E-state index contributed by atoms with van der Waals surface area (Å²) in [6, 6.07) is 1.78. The van der Waals surface area contributed by atoms with Gasteiger partial charge in [0.1, 0.15) is 16.8 Å². The molecule has 14 heavy (non-hydrogen) atoms. The Morgan fingerprint density at radius 2 is 2.29 bits per heavy atom. The van der Waals surface area contributed by atoms with Crippen LogP contribution in [0.1, 0.15) is 37.9 Å². The summed E-state index contributed by atoms with van der Waals surface area (Å²) in [5, 5.41) is 3.76. The zero-order chi connectivity index (χ0) is 9.97. The van der Waals surface area contributed by atoms with Crippen molar-refractivity contribution in [2.45, 2.75) is 32.1 Å². The summed E-state index contributed by atoms with van der Waals surface area (Å²) in [5.74, 6) is 2.31. The van der Waals surface area contributed by atoms with Gasteiger partial charge in [0.2, 0.25) is 0 Å². The molecule has 1 aromatic rings. The van der Waals surface area contributed by atoms with E-state index in [2.05, 4.69) is 22.2 Å². The van der Waals surface area contributed by atoms with Crippen molar-refractivity contribution in [2.24, 2.45) is 0 Å². The molecule has 0 aliphatic heterocycles. The molecule has 1 fully saturated rings. The fourth-order valence-corrected chi connectivity index (χ4v) is 1.49. The molecular formula is C10H14ClN3. The minimum atomic E-state index is 0.542. The molecule has 1 aliphatic rings. The van der Waals surface area contributed by atoms with E-state index in [4.69, 9.17) is 11.6 Å². The highest BCUT2D eigenvalue weighted by Gasteiger charge is 2.27. The van der Waals surface area contributed by atoms with Crippen LogP contribution in [0.25, 0.3) is 0 Å².